The van der Waals surface area contributed by atoms with Crippen LogP contribution in [0.15, 0.2) is 158 Å². The van der Waals surface area contributed by atoms with Gasteiger partial charge in [0.25, 0.3) is 0 Å². The van der Waals surface area contributed by atoms with Gasteiger partial charge < -0.3 is 9.13 Å². The summed E-state index contributed by atoms with van der Waals surface area (Å²) in [6.45, 7) is 0. The van der Waals surface area contributed by atoms with Crippen LogP contribution >= 0.6 is 0 Å². The van der Waals surface area contributed by atoms with E-state index in [1.165, 1.54) is 98.5 Å². The van der Waals surface area contributed by atoms with Gasteiger partial charge in [0.15, 0.2) is 0 Å². The SMILES string of the molecule is Cn1c2ccccc2c2cc(-c3ccc4cc(C=Cc5ccc6cc(-c7ccc8c9ccccc9n(C)c8c7)ccc6c5)ccc4c3)ccc21. The second kappa shape index (κ2) is 11.1. The monoisotopic (exact) mass is 638 g/mol. The van der Waals surface area contributed by atoms with E-state index in [2.05, 4.69) is 193 Å². The van der Waals surface area contributed by atoms with Gasteiger partial charge in [0.1, 0.15) is 0 Å². The highest BCUT2D eigenvalue weighted by molar-refractivity contribution is 6.10. The summed E-state index contributed by atoms with van der Waals surface area (Å²) in [6.07, 6.45) is 4.44. The summed E-state index contributed by atoms with van der Waals surface area (Å²) in [6, 6.07) is 58.1. The molecule has 0 amide bonds. The highest BCUT2D eigenvalue weighted by atomic mass is 14.9. The van der Waals surface area contributed by atoms with Gasteiger partial charge in [0, 0.05) is 57.7 Å². The molecule has 8 aromatic carbocycles. The van der Waals surface area contributed by atoms with Gasteiger partial charge in [0.05, 0.1) is 0 Å². The fourth-order valence-corrected chi connectivity index (χ4v) is 7.97. The van der Waals surface area contributed by atoms with Crippen LogP contribution in [0.4, 0.5) is 0 Å². The van der Waals surface area contributed by atoms with E-state index in [9.17, 15) is 0 Å². The van der Waals surface area contributed by atoms with Crippen molar-refractivity contribution in [1.82, 2.24) is 9.13 Å². The Morgan fingerprint density at radius 2 is 0.740 bits per heavy atom. The van der Waals surface area contributed by atoms with Gasteiger partial charge in [-0.15, -0.1) is 0 Å². The van der Waals surface area contributed by atoms with Gasteiger partial charge in [-0.05, 0) is 110 Å². The van der Waals surface area contributed by atoms with E-state index in [0.717, 1.165) is 0 Å². The lowest BCUT2D eigenvalue weighted by Gasteiger charge is -2.07. The molecule has 0 aliphatic heterocycles. The first-order valence-electron chi connectivity index (χ1n) is 17.3. The Labute approximate surface area is 290 Å². The second-order valence-electron chi connectivity index (χ2n) is 13.6. The molecular weight excluding hydrogens is 605 g/mol. The normalized spacial score (nSPS) is 12.1. The molecule has 2 heterocycles. The molecule has 2 nitrogen and oxygen atoms in total. The molecule has 0 spiro atoms. The van der Waals surface area contributed by atoms with Crippen molar-refractivity contribution in [2.75, 3.05) is 0 Å². The Kier molecular flexibility index (Phi) is 6.34. The molecule has 0 unspecified atom stereocenters. The maximum absolute atomic E-state index is 2.34. The third-order valence-corrected chi connectivity index (χ3v) is 10.7. The van der Waals surface area contributed by atoms with Gasteiger partial charge in [-0.2, -0.15) is 0 Å². The van der Waals surface area contributed by atoms with Crippen LogP contribution in [0.5, 0.6) is 0 Å². The average molecular weight is 639 g/mol. The number of nitrogens with zero attached hydrogens (tertiary/aromatic N) is 2. The summed E-state index contributed by atoms with van der Waals surface area (Å²) in [5.74, 6) is 0. The predicted octanol–water partition coefficient (Wildman–Crippen LogP) is 12.8. The number of fused-ring (bicyclic) bond motifs is 8. The Balaban J connectivity index is 0.911. The molecule has 0 atom stereocenters. The van der Waals surface area contributed by atoms with E-state index in [0.29, 0.717) is 0 Å². The van der Waals surface area contributed by atoms with Crippen molar-refractivity contribution in [3.05, 3.63) is 169 Å². The van der Waals surface area contributed by atoms with Crippen molar-refractivity contribution in [3.8, 4) is 22.3 Å². The fourth-order valence-electron chi connectivity index (χ4n) is 7.97. The maximum Gasteiger partial charge on any atom is 0.0494 e. The molecule has 0 saturated carbocycles. The number of benzene rings is 8. The van der Waals surface area contributed by atoms with Crippen molar-refractivity contribution in [2.45, 2.75) is 0 Å². The lowest BCUT2D eigenvalue weighted by Crippen LogP contribution is -1.87. The molecule has 0 saturated heterocycles. The number of aryl methyl sites for hydroxylation is 2. The van der Waals surface area contributed by atoms with E-state index in [4.69, 9.17) is 0 Å². The number of para-hydroxylation sites is 2. The van der Waals surface area contributed by atoms with Gasteiger partial charge in [0.2, 0.25) is 0 Å². The molecule has 50 heavy (non-hydrogen) atoms. The number of aromatic nitrogens is 2. The predicted molar refractivity (Wildman–Crippen MR) is 216 cm³/mol. The van der Waals surface area contributed by atoms with Crippen molar-refractivity contribution in [3.63, 3.8) is 0 Å². The van der Waals surface area contributed by atoms with Crippen LogP contribution in [0.25, 0.3) is 99.6 Å². The topological polar surface area (TPSA) is 9.86 Å². The van der Waals surface area contributed by atoms with Crippen LogP contribution in [-0.2, 0) is 14.1 Å². The molecule has 0 radical (unpaired) electrons. The van der Waals surface area contributed by atoms with E-state index in [-0.39, 0.29) is 0 Å². The molecule has 2 heteroatoms. The molecule has 0 bridgehead atoms. The Morgan fingerprint density at radius 1 is 0.320 bits per heavy atom. The molecule has 0 N–H and O–H groups in total. The molecular formula is C48H34N2. The largest absolute Gasteiger partial charge is 0.344 e. The third kappa shape index (κ3) is 4.57. The molecule has 0 aliphatic rings. The zero-order valence-electron chi connectivity index (χ0n) is 28.1. The zero-order chi connectivity index (χ0) is 33.3. The van der Waals surface area contributed by atoms with Crippen LogP contribution in [0.1, 0.15) is 11.1 Å². The Hall–Kier alpha value is -6.38. The number of hydrogen-bond donors (Lipinski definition) is 0. The highest BCUT2D eigenvalue weighted by Gasteiger charge is 2.11. The van der Waals surface area contributed by atoms with E-state index in [1.807, 2.05) is 0 Å². The molecule has 0 aliphatic carbocycles. The summed E-state index contributed by atoms with van der Waals surface area (Å²) in [7, 11) is 4.31. The quantitative estimate of drug-likeness (QED) is 0.170. The lowest BCUT2D eigenvalue weighted by molar-refractivity contribution is 1.01. The first-order valence-corrected chi connectivity index (χ1v) is 17.3. The van der Waals surface area contributed by atoms with Crippen molar-refractivity contribution >= 4 is 77.3 Å². The highest BCUT2D eigenvalue weighted by Crippen LogP contribution is 2.35. The van der Waals surface area contributed by atoms with E-state index in [1.54, 1.807) is 0 Å². The van der Waals surface area contributed by atoms with E-state index < -0.39 is 0 Å². The van der Waals surface area contributed by atoms with Crippen LogP contribution in [0.3, 0.4) is 0 Å². The lowest BCUT2D eigenvalue weighted by atomic mass is 9.98. The molecule has 10 rings (SSSR count). The first kappa shape index (κ1) is 28.6. The van der Waals surface area contributed by atoms with Gasteiger partial charge in [-0.1, -0.05) is 115 Å². The molecule has 10 aromatic rings. The minimum absolute atomic E-state index is 1.20. The van der Waals surface area contributed by atoms with Crippen LogP contribution in [0, 0.1) is 0 Å². The van der Waals surface area contributed by atoms with Crippen molar-refractivity contribution in [2.24, 2.45) is 14.1 Å². The van der Waals surface area contributed by atoms with E-state index >= 15 is 0 Å². The maximum atomic E-state index is 2.34. The fraction of sp³-hybridized carbons (Fsp3) is 0.0417. The van der Waals surface area contributed by atoms with Crippen LogP contribution < -0.4 is 0 Å². The molecule has 0 fully saturated rings. The Bertz CT molecular complexity index is 3000. The summed E-state index contributed by atoms with van der Waals surface area (Å²) >= 11 is 0. The standard InChI is InChI=1S/C48H34N2/c1-49-46-10-6-4-8-42(46)44-29-39(22-24-47(44)49)37-19-17-33-25-31(13-15-35(33)27-37)11-12-32-14-16-36-28-38(20-18-34(36)26-32)40-21-23-43-41-7-3-5-9-45(41)50(2)48(43)30-40/h3-30H,1-2H3. The summed E-state index contributed by atoms with van der Waals surface area (Å²) in [5, 5.41) is 10.2. The minimum atomic E-state index is 1.20. The first-order chi connectivity index (χ1) is 24.6. The molecule has 236 valence electrons. The molecule has 2 aromatic heterocycles. The van der Waals surface area contributed by atoms with Crippen LogP contribution in [0.2, 0.25) is 0 Å². The third-order valence-electron chi connectivity index (χ3n) is 10.7. The smallest absolute Gasteiger partial charge is 0.0494 e. The van der Waals surface area contributed by atoms with Gasteiger partial charge >= 0.3 is 0 Å². The van der Waals surface area contributed by atoms with Gasteiger partial charge in [-0.25, -0.2) is 0 Å². The summed E-state index contributed by atoms with van der Waals surface area (Å²) in [4.78, 5) is 0. The second-order valence-corrected chi connectivity index (χ2v) is 13.6. The number of hydrogen-bond acceptors (Lipinski definition) is 0. The minimum Gasteiger partial charge on any atom is -0.344 e. The van der Waals surface area contributed by atoms with Crippen molar-refractivity contribution < 1.29 is 0 Å². The van der Waals surface area contributed by atoms with Crippen molar-refractivity contribution in [1.29, 1.82) is 0 Å². The Morgan fingerprint density at radius 3 is 1.38 bits per heavy atom. The summed E-state index contributed by atoms with van der Waals surface area (Å²) < 4.78 is 4.58. The zero-order valence-corrected chi connectivity index (χ0v) is 28.1. The van der Waals surface area contributed by atoms with Gasteiger partial charge in [-0.3, -0.25) is 0 Å². The average Bonchev–Trinajstić information content (AvgIpc) is 3.62. The summed E-state index contributed by atoms with van der Waals surface area (Å²) in [5.41, 5.74) is 12.4. The number of rotatable bonds is 4. The van der Waals surface area contributed by atoms with Crippen LogP contribution in [-0.4, -0.2) is 9.13 Å².